The third kappa shape index (κ3) is 3.80. The van der Waals surface area contributed by atoms with Crippen LogP contribution < -0.4 is 12.1 Å². The summed E-state index contributed by atoms with van der Waals surface area (Å²) in [6.45, 7) is 0. The fraction of sp³-hybridized carbons (Fsp3) is 0. The molecule has 0 aliphatic carbocycles. The van der Waals surface area contributed by atoms with E-state index in [1.165, 1.54) is 12.1 Å². The molecular formula is C18H17Cl2PPd. The summed E-state index contributed by atoms with van der Waals surface area (Å²) in [5.41, 5.74) is 0. The second-order valence-corrected chi connectivity index (χ2v) is 11.1. The van der Waals surface area contributed by atoms with Gasteiger partial charge >= 0.3 is 127 Å². The third-order valence-electron chi connectivity index (χ3n) is 2.89. The Hall–Kier alpha value is -0.668. The average molecular weight is 442 g/mol. The molecule has 0 amide bonds. The van der Waals surface area contributed by atoms with Crippen LogP contribution in [0.15, 0.2) is 91.0 Å². The van der Waals surface area contributed by atoms with E-state index in [0.717, 1.165) is 0 Å². The number of rotatable bonds is 3. The van der Waals surface area contributed by atoms with Crippen LogP contribution in [0.3, 0.4) is 0 Å². The molecule has 0 bridgehead atoms. The minimum atomic E-state index is -2.55. The van der Waals surface area contributed by atoms with Crippen molar-refractivity contribution in [2.75, 3.05) is 0 Å². The molecule has 22 heavy (non-hydrogen) atoms. The van der Waals surface area contributed by atoms with Crippen molar-refractivity contribution in [3.05, 3.63) is 91.0 Å². The van der Waals surface area contributed by atoms with Crippen LogP contribution in [0.4, 0.5) is 0 Å². The summed E-state index contributed by atoms with van der Waals surface area (Å²) in [6.07, 6.45) is 0. The molecule has 1 unspecified atom stereocenters. The van der Waals surface area contributed by atoms with Gasteiger partial charge in [0, 0.05) is 0 Å². The maximum atomic E-state index is 7.27. The summed E-state index contributed by atoms with van der Waals surface area (Å²) in [6, 6.07) is 31.3. The van der Waals surface area contributed by atoms with Crippen molar-refractivity contribution in [3.63, 3.8) is 0 Å². The molecule has 4 heteroatoms. The predicted molar refractivity (Wildman–Crippen MR) is 99.6 cm³/mol. The van der Waals surface area contributed by atoms with E-state index in [1.807, 2.05) is 26.8 Å². The minimum absolute atomic E-state index is 1.23. The van der Waals surface area contributed by atoms with Crippen LogP contribution in [0.25, 0.3) is 0 Å². The summed E-state index contributed by atoms with van der Waals surface area (Å²) in [5.74, 6) is 0. The van der Waals surface area contributed by atoms with E-state index in [-0.39, 0.29) is 0 Å². The Bertz CT molecular complexity index is 579. The van der Waals surface area contributed by atoms with E-state index < -0.39 is 14.5 Å². The van der Waals surface area contributed by atoms with Crippen LogP contribution in [-0.2, 0) is 14.5 Å². The number of hydrogen-bond donors (Lipinski definition) is 0. The molecule has 0 aliphatic heterocycles. The van der Waals surface area contributed by atoms with Gasteiger partial charge in [-0.15, -0.1) is 11.2 Å². The predicted octanol–water partition coefficient (Wildman–Crippen LogP) is 4.29. The second kappa shape index (κ2) is 8.83. The van der Waals surface area contributed by atoms with E-state index in [1.54, 1.807) is 0 Å². The quantitative estimate of drug-likeness (QED) is 0.420. The summed E-state index contributed by atoms with van der Waals surface area (Å²) in [4.78, 5) is 0. The fourth-order valence-corrected chi connectivity index (χ4v) is 7.97. The summed E-state index contributed by atoms with van der Waals surface area (Å²) >= 11 is 2.01. The van der Waals surface area contributed by atoms with Gasteiger partial charge in [-0.1, -0.05) is 0 Å². The zero-order valence-electron chi connectivity index (χ0n) is 11.8. The van der Waals surface area contributed by atoms with Gasteiger partial charge in [-0.05, 0) is 8.59 Å². The maximum absolute atomic E-state index is 7.27. The molecule has 0 aliphatic rings. The van der Waals surface area contributed by atoms with Gasteiger partial charge in [0.2, 0.25) is 0 Å². The standard InChI is InChI=1S/3C6H5.ClH2P.ClH.Pd/c3*1-2-4-6-5-3-1;1-2;;/h3*1-5H;2H2;1H;/q;;;;;+1/p-1. The van der Waals surface area contributed by atoms with Gasteiger partial charge in [0.1, 0.15) is 0 Å². The van der Waals surface area contributed by atoms with Crippen molar-refractivity contribution in [3.8, 4) is 0 Å². The molecule has 1 atom stereocenters. The van der Waals surface area contributed by atoms with Gasteiger partial charge in [0.25, 0.3) is 0 Å². The number of benzene rings is 3. The summed E-state index contributed by atoms with van der Waals surface area (Å²) in [5, 5.41) is 0. The molecule has 3 rings (SSSR count). The van der Waals surface area contributed by atoms with Crippen molar-refractivity contribution in [2.45, 2.75) is 0 Å². The van der Waals surface area contributed by atoms with E-state index >= 15 is 0 Å². The van der Waals surface area contributed by atoms with Gasteiger partial charge in [-0.3, -0.25) is 0 Å². The molecule has 118 valence electrons. The molecule has 0 radical (unpaired) electrons. The Morgan fingerprint density at radius 3 is 0.955 bits per heavy atom. The van der Waals surface area contributed by atoms with Crippen molar-refractivity contribution < 1.29 is 14.5 Å². The Morgan fingerprint density at radius 2 is 0.727 bits per heavy atom. The van der Waals surface area contributed by atoms with E-state index in [0.29, 0.717) is 0 Å². The molecular weight excluding hydrogens is 424 g/mol. The molecule has 0 nitrogen and oxygen atoms in total. The molecule has 0 aromatic heterocycles. The summed E-state index contributed by atoms with van der Waals surface area (Å²) in [7, 11) is 9.15. The first-order valence-electron chi connectivity index (χ1n) is 6.54. The molecule has 3 aromatic carbocycles. The van der Waals surface area contributed by atoms with Gasteiger partial charge in [0.15, 0.2) is 0 Å². The van der Waals surface area contributed by atoms with E-state index in [2.05, 4.69) is 84.0 Å². The monoisotopic (exact) mass is 440 g/mol. The van der Waals surface area contributed by atoms with Crippen LogP contribution in [0.2, 0.25) is 0 Å². The molecule has 0 saturated heterocycles. The molecule has 0 heterocycles. The van der Waals surface area contributed by atoms with Crippen LogP contribution in [-0.4, -0.2) is 0 Å². The number of halogens is 2. The van der Waals surface area contributed by atoms with Crippen molar-refractivity contribution in [2.24, 2.45) is 0 Å². The zero-order valence-corrected chi connectivity index (χ0v) is 16.0. The first-order valence-corrected chi connectivity index (χ1v) is 12.6. The van der Waals surface area contributed by atoms with Crippen LogP contribution >= 0.6 is 29.4 Å². The second-order valence-electron chi connectivity index (χ2n) is 4.20. The fourth-order valence-electron chi connectivity index (χ4n) is 1.96. The third-order valence-corrected chi connectivity index (χ3v) is 10.6. The average Bonchev–Trinajstić information content (AvgIpc) is 2.65. The van der Waals surface area contributed by atoms with Crippen molar-refractivity contribution >= 4 is 41.5 Å². The molecule has 0 spiro atoms. The van der Waals surface area contributed by atoms with Gasteiger partial charge in [-0.2, -0.15) is 0 Å². The Morgan fingerprint density at radius 1 is 0.500 bits per heavy atom. The molecule has 0 fully saturated rings. The number of hydrogen-bond acceptors (Lipinski definition) is 0. The van der Waals surface area contributed by atoms with E-state index in [9.17, 15) is 0 Å². The van der Waals surface area contributed by atoms with E-state index in [4.69, 9.17) is 9.53 Å². The van der Waals surface area contributed by atoms with Gasteiger partial charge in [0.05, 0.1) is 0 Å². The van der Waals surface area contributed by atoms with Crippen LogP contribution in [0.1, 0.15) is 0 Å². The first kappa shape index (κ1) is 17.7. The summed E-state index contributed by atoms with van der Waals surface area (Å²) < 4.78 is 3.70. The van der Waals surface area contributed by atoms with Crippen molar-refractivity contribution in [1.82, 2.24) is 0 Å². The topological polar surface area (TPSA) is 0 Å². The normalized spacial score (nSPS) is 11.2. The Labute approximate surface area is 146 Å². The molecule has 3 aromatic rings. The first-order chi connectivity index (χ1) is 10.8. The zero-order chi connectivity index (χ0) is 15.8. The van der Waals surface area contributed by atoms with Gasteiger partial charge in [-0.25, -0.2) is 0 Å². The van der Waals surface area contributed by atoms with Crippen LogP contribution in [0, 0.1) is 0 Å². The van der Waals surface area contributed by atoms with Gasteiger partial charge < -0.3 is 0 Å². The van der Waals surface area contributed by atoms with Crippen molar-refractivity contribution in [1.29, 1.82) is 0 Å². The van der Waals surface area contributed by atoms with Crippen LogP contribution in [0.5, 0.6) is 0 Å². The Kier molecular flexibility index (Phi) is 7.10. The Balaban J connectivity index is 0.000000847. The SMILES string of the molecule is PCl.[Cl][Pd]([c]1ccccc1)([c]1ccccc1)[c]1ccccc1. The molecule has 0 saturated carbocycles. The molecule has 0 N–H and O–H groups in total.